The Bertz CT molecular complexity index is 740. The largest absolute Gasteiger partial charge is 0.508 e. The smallest absolute Gasteiger partial charge is 0.273 e. The molecule has 134 valence electrons. The predicted molar refractivity (Wildman–Crippen MR) is 99.9 cm³/mol. The van der Waals surface area contributed by atoms with E-state index in [4.69, 9.17) is 5.73 Å². The Kier molecular flexibility index (Phi) is 5.39. The van der Waals surface area contributed by atoms with Crippen molar-refractivity contribution < 1.29 is 9.90 Å². The third-order valence-electron chi connectivity index (χ3n) is 4.67. The van der Waals surface area contributed by atoms with E-state index in [1.54, 1.807) is 12.1 Å². The van der Waals surface area contributed by atoms with Gasteiger partial charge < -0.3 is 15.7 Å². The molecule has 3 N–H and O–H groups in total. The van der Waals surface area contributed by atoms with Gasteiger partial charge in [0.1, 0.15) is 16.5 Å². The van der Waals surface area contributed by atoms with E-state index in [2.05, 4.69) is 4.98 Å². The molecule has 2 unspecified atom stereocenters. The van der Waals surface area contributed by atoms with Crippen molar-refractivity contribution in [1.82, 2.24) is 9.88 Å². The number of nitrogens with two attached hydrogens (primary N) is 1. The topological polar surface area (TPSA) is 79.5 Å². The highest BCUT2D eigenvalue weighted by Gasteiger charge is 2.27. The number of aryl methyl sites for hydroxylation is 1. The van der Waals surface area contributed by atoms with E-state index in [0.717, 1.165) is 42.2 Å². The number of hydrogen-bond acceptors (Lipinski definition) is 5. The number of phenols is 1. The fourth-order valence-corrected chi connectivity index (χ4v) is 4.21. The predicted octanol–water partition coefficient (Wildman–Crippen LogP) is 3.27. The van der Waals surface area contributed by atoms with Gasteiger partial charge in [0.2, 0.25) is 0 Å². The van der Waals surface area contributed by atoms with Gasteiger partial charge in [-0.2, -0.15) is 0 Å². The lowest BCUT2D eigenvalue weighted by Crippen LogP contribution is -2.40. The Morgan fingerprint density at radius 3 is 2.80 bits per heavy atom. The molecule has 2 aromatic rings. The van der Waals surface area contributed by atoms with Gasteiger partial charge in [-0.15, -0.1) is 11.3 Å². The van der Waals surface area contributed by atoms with Gasteiger partial charge in [-0.1, -0.05) is 12.1 Å². The molecule has 6 heteroatoms. The molecule has 0 spiro atoms. The molecule has 1 saturated heterocycles. The third kappa shape index (κ3) is 4.19. The number of phenolic OH excluding ortho intramolecular Hbond substituents is 1. The molecule has 0 saturated carbocycles. The first kappa shape index (κ1) is 17.9. The van der Waals surface area contributed by atoms with E-state index in [9.17, 15) is 9.90 Å². The Morgan fingerprint density at radius 1 is 1.44 bits per heavy atom. The molecule has 3 rings (SSSR count). The van der Waals surface area contributed by atoms with E-state index in [-0.39, 0.29) is 17.7 Å². The van der Waals surface area contributed by atoms with Gasteiger partial charge in [0.05, 0.1) is 6.04 Å². The van der Waals surface area contributed by atoms with E-state index >= 15 is 0 Å². The number of rotatable bonds is 4. The number of carbonyl (C=O) groups excluding carboxylic acids is 1. The molecular weight excluding hydrogens is 334 g/mol. The van der Waals surface area contributed by atoms with Crippen LogP contribution >= 0.6 is 11.3 Å². The minimum absolute atomic E-state index is 0.0241. The zero-order valence-corrected chi connectivity index (χ0v) is 15.6. The Balaban J connectivity index is 1.68. The number of piperidine rings is 1. The lowest BCUT2D eigenvalue weighted by Gasteiger charge is -2.32. The van der Waals surface area contributed by atoms with Gasteiger partial charge in [0, 0.05) is 18.0 Å². The van der Waals surface area contributed by atoms with Crippen LogP contribution in [-0.4, -0.2) is 34.0 Å². The highest BCUT2D eigenvalue weighted by atomic mass is 32.1. The summed E-state index contributed by atoms with van der Waals surface area (Å²) in [5.74, 6) is 0.748. The summed E-state index contributed by atoms with van der Waals surface area (Å²) in [5, 5.41) is 10.2. The lowest BCUT2D eigenvalue weighted by molar-refractivity contribution is 0.0667. The Hall–Kier alpha value is -1.92. The number of amides is 1. The summed E-state index contributed by atoms with van der Waals surface area (Å²) in [6.07, 6.45) is 3.05. The van der Waals surface area contributed by atoms with Crippen LogP contribution in [0.3, 0.4) is 0 Å². The summed E-state index contributed by atoms with van der Waals surface area (Å²) >= 11 is 1.51. The molecule has 0 radical (unpaired) electrons. The molecule has 0 bridgehead atoms. The molecule has 1 aromatic carbocycles. The summed E-state index contributed by atoms with van der Waals surface area (Å²) in [7, 11) is 0. The molecule has 2 heterocycles. The molecule has 1 aromatic heterocycles. The fourth-order valence-electron chi connectivity index (χ4n) is 3.34. The van der Waals surface area contributed by atoms with Gasteiger partial charge in [0.25, 0.3) is 5.91 Å². The molecule has 0 aliphatic carbocycles. The minimum Gasteiger partial charge on any atom is -0.508 e. The van der Waals surface area contributed by atoms with E-state index < -0.39 is 0 Å². The highest BCUT2D eigenvalue weighted by molar-refractivity contribution is 7.11. The van der Waals surface area contributed by atoms with Crippen molar-refractivity contribution in [2.24, 2.45) is 11.7 Å². The normalized spacial score (nSPS) is 19.0. The Morgan fingerprint density at radius 2 is 2.16 bits per heavy atom. The average molecular weight is 359 g/mol. The summed E-state index contributed by atoms with van der Waals surface area (Å²) in [4.78, 5) is 20.2. The van der Waals surface area contributed by atoms with Gasteiger partial charge in [0.15, 0.2) is 0 Å². The number of nitrogens with zero attached hydrogens (tertiary/aromatic N) is 2. The second-order valence-electron chi connectivity index (χ2n) is 6.88. The first-order chi connectivity index (χ1) is 11.9. The SMILES string of the molecule is Cc1sc(C(C)N)nc1C(=O)N1CCCC(Cc2ccc(O)cc2)C1. The third-order valence-corrected chi connectivity index (χ3v) is 5.84. The zero-order valence-electron chi connectivity index (χ0n) is 14.7. The van der Waals surface area contributed by atoms with Gasteiger partial charge in [-0.25, -0.2) is 4.98 Å². The maximum Gasteiger partial charge on any atom is 0.273 e. The second kappa shape index (κ2) is 7.54. The maximum atomic E-state index is 12.9. The second-order valence-corrected chi connectivity index (χ2v) is 8.11. The van der Waals surface area contributed by atoms with Crippen LogP contribution in [0.1, 0.15) is 51.7 Å². The standard InChI is InChI=1S/C19H25N3O2S/c1-12(20)18-21-17(13(2)25-18)19(24)22-9-3-4-15(11-22)10-14-5-7-16(23)8-6-14/h5-8,12,15,23H,3-4,9-11,20H2,1-2H3. The average Bonchev–Trinajstić information content (AvgIpc) is 2.99. The first-order valence-corrected chi connectivity index (χ1v) is 9.55. The first-order valence-electron chi connectivity index (χ1n) is 8.74. The highest BCUT2D eigenvalue weighted by Crippen LogP contribution is 2.26. The number of aromatic hydroxyl groups is 1. The van der Waals surface area contributed by atoms with Crippen molar-refractivity contribution in [3.63, 3.8) is 0 Å². The van der Waals surface area contributed by atoms with Crippen molar-refractivity contribution in [3.05, 3.63) is 45.4 Å². The summed E-state index contributed by atoms with van der Waals surface area (Å²) < 4.78 is 0. The molecule has 1 aliphatic rings. The van der Waals surface area contributed by atoms with Gasteiger partial charge in [-0.3, -0.25) is 4.79 Å². The molecule has 2 atom stereocenters. The van der Waals surface area contributed by atoms with Gasteiger partial charge >= 0.3 is 0 Å². The molecular formula is C19H25N3O2S. The van der Waals surface area contributed by atoms with Crippen LogP contribution in [-0.2, 0) is 6.42 Å². The van der Waals surface area contributed by atoms with E-state index in [0.29, 0.717) is 11.6 Å². The number of likely N-dealkylation sites (tertiary alicyclic amines) is 1. The van der Waals surface area contributed by atoms with Crippen molar-refractivity contribution in [2.45, 2.75) is 39.2 Å². The summed E-state index contributed by atoms with van der Waals surface area (Å²) in [6, 6.07) is 7.20. The van der Waals surface area contributed by atoms with Crippen LogP contribution in [0, 0.1) is 12.8 Å². The van der Waals surface area contributed by atoms with Crippen LogP contribution in [0.25, 0.3) is 0 Å². The van der Waals surface area contributed by atoms with Gasteiger partial charge in [-0.05, 0) is 56.7 Å². The lowest BCUT2D eigenvalue weighted by atomic mass is 9.91. The van der Waals surface area contributed by atoms with Crippen molar-refractivity contribution in [2.75, 3.05) is 13.1 Å². The number of benzene rings is 1. The van der Waals surface area contributed by atoms with E-state index in [1.807, 2.05) is 30.9 Å². The van der Waals surface area contributed by atoms with Crippen LogP contribution in [0.5, 0.6) is 5.75 Å². The number of thiazole rings is 1. The van der Waals surface area contributed by atoms with Crippen LogP contribution < -0.4 is 5.73 Å². The van der Waals surface area contributed by atoms with Crippen molar-refractivity contribution in [3.8, 4) is 5.75 Å². The summed E-state index contributed by atoms with van der Waals surface area (Å²) in [5.41, 5.74) is 7.65. The molecule has 5 nitrogen and oxygen atoms in total. The monoisotopic (exact) mass is 359 g/mol. The number of aromatic nitrogens is 1. The fraction of sp³-hybridized carbons (Fsp3) is 0.474. The summed E-state index contributed by atoms with van der Waals surface area (Å²) in [6.45, 7) is 5.37. The van der Waals surface area contributed by atoms with Crippen molar-refractivity contribution >= 4 is 17.2 Å². The molecule has 1 amide bonds. The van der Waals surface area contributed by atoms with Crippen LogP contribution in [0.2, 0.25) is 0 Å². The minimum atomic E-state index is -0.145. The van der Waals surface area contributed by atoms with Crippen molar-refractivity contribution in [1.29, 1.82) is 0 Å². The molecule has 1 aliphatic heterocycles. The molecule has 25 heavy (non-hydrogen) atoms. The zero-order chi connectivity index (χ0) is 18.0. The van der Waals surface area contributed by atoms with Crippen LogP contribution in [0.4, 0.5) is 0 Å². The quantitative estimate of drug-likeness (QED) is 0.878. The Labute approximate surface area is 152 Å². The maximum absolute atomic E-state index is 12.9. The number of hydrogen-bond donors (Lipinski definition) is 2. The number of carbonyl (C=O) groups is 1. The van der Waals surface area contributed by atoms with E-state index in [1.165, 1.54) is 16.9 Å². The molecule has 1 fully saturated rings. The van der Waals surface area contributed by atoms with Crippen LogP contribution in [0.15, 0.2) is 24.3 Å².